The number of amides is 1. The lowest BCUT2D eigenvalue weighted by molar-refractivity contribution is -0.153. The van der Waals surface area contributed by atoms with E-state index in [0.29, 0.717) is 4.68 Å². The van der Waals surface area contributed by atoms with Crippen LogP contribution in [0.3, 0.4) is 0 Å². The standard InChI is InChI=1S/C8H10FN3O3/c1-2-15-8(14)6(9)12-4-3-5(11-12)7(10)13/h3-4,6H,2H2,1H3,(H2,10,13). The number of aromatic nitrogens is 2. The molecule has 15 heavy (non-hydrogen) atoms. The van der Waals surface area contributed by atoms with Crippen molar-refractivity contribution < 1.29 is 18.7 Å². The summed E-state index contributed by atoms with van der Waals surface area (Å²) in [5.41, 5.74) is 4.80. The van der Waals surface area contributed by atoms with Crippen LogP contribution in [0.25, 0.3) is 0 Å². The third-order valence-corrected chi connectivity index (χ3v) is 1.57. The van der Waals surface area contributed by atoms with E-state index < -0.39 is 18.2 Å². The number of halogens is 1. The summed E-state index contributed by atoms with van der Waals surface area (Å²) in [5, 5.41) is 3.48. The van der Waals surface area contributed by atoms with Crippen molar-refractivity contribution in [2.24, 2.45) is 5.73 Å². The van der Waals surface area contributed by atoms with Crippen LogP contribution in [0.15, 0.2) is 12.3 Å². The molecule has 0 aliphatic rings. The summed E-state index contributed by atoms with van der Waals surface area (Å²) in [4.78, 5) is 21.6. The fraction of sp³-hybridized carbons (Fsp3) is 0.375. The van der Waals surface area contributed by atoms with Crippen LogP contribution in [0, 0.1) is 0 Å². The molecule has 1 unspecified atom stereocenters. The Morgan fingerprint density at radius 2 is 2.40 bits per heavy atom. The molecular weight excluding hydrogens is 205 g/mol. The average Bonchev–Trinajstić information content (AvgIpc) is 2.65. The van der Waals surface area contributed by atoms with Crippen LogP contribution in [0.4, 0.5) is 4.39 Å². The molecule has 6 nitrogen and oxygen atoms in total. The van der Waals surface area contributed by atoms with Crippen LogP contribution in [0.1, 0.15) is 23.7 Å². The monoisotopic (exact) mass is 215 g/mol. The van der Waals surface area contributed by atoms with E-state index in [0.717, 1.165) is 6.20 Å². The van der Waals surface area contributed by atoms with Crippen LogP contribution >= 0.6 is 0 Å². The topological polar surface area (TPSA) is 87.2 Å². The van der Waals surface area contributed by atoms with Gasteiger partial charge in [-0.3, -0.25) is 4.79 Å². The number of primary amides is 1. The van der Waals surface area contributed by atoms with Crippen LogP contribution in [-0.4, -0.2) is 28.3 Å². The minimum Gasteiger partial charge on any atom is -0.462 e. The van der Waals surface area contributed by atoms with Gasteiger partial charge in [-0.2, -0.15) is 5.10 Å². The van der Waals surface area contributed by atoms with E-state index in [2.05, 4.69) is 9.84 Å². The van der Waals surface area contributed by atoms with Gasteiger partial charge in [-0.15, -0.1) is 0 Å². The van der Waals surface area contributed by atoms with Crippen molar-refractivity contribution in [2.45, 2.75) is 13.2 Å². The first-order valence-electron chi connectivity index (χ1n) is 4.22. The third-order valence-electron chi connectivity index (χ3n) is 1.57. The maximum atomic E-state index is 13.3. The smallest absolute Gasteiger partial charge is 0.363 e. The number of hydrogen-bond acceptors (Lipinski definition) is 4. The van der Waals surface area contributed by atoms with Gasteiger partial charge in [-0.1, -0.05) is 0 Å². The van der Waals surface area contributed by atoms with Crippen LogP contribution in [0.2, 0.25) is 0 Å². The Bertz CT molecular complexity index is 377. The van der Waals surface area contributed by atoms with Crippen LogP contribution in [-0.2, 0) is 9.53 Å². The van der Waals surface area contributed by atoms with Gasteiger partial charge in [0.05, 0.1) is 6.61 Å². The molecule has 1 amide bonds. The predicted molar refractivity (Wildman–Crippen MR) is 47.5 cm³/mol. The van der Waals surface area contributed by atoms with Crippen molar-refractivity contribution in [3.63, 3.8) is 0 Å². The predicted octanol–water partition coefficient (Wildman–Crippen LogP) is 0.0132. The molecule has 0 aliphatic carbocycles. The second kappa shape index (κ2) is 4.54. The Morgan fingerprint density at radius 3 is 2.87 bits per heavy atom. The minimum absolute atomic E-state index is 0.0726. The normalized spacial score (nSPS) is 12.1. The van der Waals surface area contributed by atoms with Crippen molar-refractivity contribution in [3.8, 4) is 0 Å². The van der Waals surface area contributed by atoms with Crippen molar-refractivity contribution in [2.75, 3.05) is 6.61 Å². The fourth-order valence-corrected chi connectivity index (χ4v) is 0.915. The van der Waals surface area contributed by atoms with E-state index >= 15 is 0 Å². The van der Waals surface area contributed by atoms with Crippen LogP contribution in [0.5, 0.6) is 0 Å². The summed E-state index contributed by atoms with van der Waals surface area (Å²) in [6.07, 6.45) is -0.917. The summed E-state index contributed by atoms with van der Waals surface area (Å²) in [6, 6.07) is 1.22. The molecule has 0 saturated carbocycles. The van der Waals surface area contributed by atoms with E-state index in [4.69, 9.17) is 5.73 Å². The van der Waals surface area contributed by atoms with Gasteiger partial charge in [0, 0.05) is 6.20 Å². The fourth-order valence-electron chi connectivity index (χ4n) is 0.915. The molecule has 1 aromatic heterocycles. The van der Waals surface area contributed by atoms with E-state index in [-0.39, 0.29) is 12.3 Å². The van der Waals surface area contributed by atoms with Crippen molar-refractivity contribution >= 4 is 11.9 Å². The van der Waals surface area contributed by atoms with E-state index in [1.807, 2.05) is 0 Å². The SMILES string of the molecule is CCOC(=O)C(F)n1ccc(C(N)=O)n1. The van der Waals surface area contributed by atoms with Gasteiger partial charge in [-0.25, -0.2) is 13.9 Å². The molecule has 0 saturated heterocycles. The number of alkyl halides is 1. The first-order valence-corrected chi connectivity index (χ1v) is 4.22. The zero-order chi connectivity index (χ0) is 11.4. The minimum atomic E-state index is -2.06. The molecule has 82 valence electrons. The van der Waals surface area contributed by atoms with E-state index in [1.54, 1.807) is 6.92 Å². The number of ether oxygens (including phenoxy) is 1. The Morgan fingerprint density at radius 1 is 1.73 bits per heavy atom. The van der Waals surface area contributed by atoms with E-state index in [1.165, 1.54) is 6.07 Å². The number of nitrogens with two attached hydrogens (primary N) is 1. The number of nitrogens with zero attached hydrogens (tertiary/aromatic N) is 2. The molecule has 1 atom stereocenters. The Kier molecular flexibility index (Phi) is 3.37. The quantitative estimate of drug-likeness (QED) is 0.717. The molecule has 0 aromatic carbocycles. The lowest BCUT2D eigenvalue weighted by Crippen LogP contribution is -2.19. The summed E-state index contributed by atoms with van der Waals surface area (Å²) >= 11 is 0. The lowest BCUT2D eigenvalue weighted by Gasteiger charge is -2.06. The zero-order valence-corrected chi connectivity index (χ0v) is 8.01. The summed E-state index contributed by atoms with van der Waals surface area (Å²) in [6.45, 7) is 1.63. The average molecular weight is 215 g/mol. The Labute approximate surface area is 84.8 Å². The van der Waals surface area contributed by atoms with Gasteiger partial charge in [0.2, 0.25) is 0 Å². The number of carbonyl (C=O) groups excluding carboxylic acids is 2. The summed E-state index contributed by atoms with van der Waals surface area (Å²) in [5.74, 6) is -1.85. The third kappa shape index (κ3) is 2.52. The zero-order valence-electron chi connectivity index (χ0n) is 8.01. The maximum Gasteiger partial charge on any atom is 0.363 e. The largest absolute Gasteiger partial charge is 0.462 e. The van der Waals surface area contributed by atoms with Gasteiger partial charge in [0.25, 0.3) is 12.2 Å². The van der Waals surface area contributed by atoms with Crippen molar-refractivity contribution in [1.82, 2.24) is 9.78 Å². The highest BCUT2D eigenvalue weighted by atomic mass is 19.1. The maximum absolute atomic E-state index is 13.3. The molecule has 2 N–H and O–H groups in total. The van der Waals surface area contributed by atoms with Crippen molar-refractivity contribution in [1.29, 1.82) is 0 Å². The summed E-state index contributed by atoms with van der Waals surface area (Å²) < 4.78 is 18.4. The molecule has 0 fully saturated rings. The molecule has 1 rings (SSSR count). The molecule has 1 heterocycles. The second-order valence-corrected chi connectivity index (χ2v) is 2.63. The van der Waals surface area contributed by atoms with Gasteiger partial charge in [0.1, 0.15) is 5.69 Å². The molecule has 0 bridgehead atoms. The molecule has 0 spiro atoms. The lowest BCUT2D eigenvalue weighted by atomic mass is 10.4. The molecule has 7 heteroatoms. The molecule has 1 aromatic rings. The summed E-state index contributed by atoms with van der Waals surface area (Å²) in [7, 11) is 0. The Balaban J connectivity index is 2.78. The first-order chi connectivity index (χ1) is 7.06. The van der Waals surface area contributed by atoms with Gasteiger partial charge >= 0.3 is 5.97 Å². The molecule has 0 aliphatic heterocycles. The van der Waals surface area contributed by atoms with E-state index in [9.17, 15) is 14.0 Å². The number of esters is 1. The van der Waals surface area contributed by atoms with Gasteiger partial charge < -0.3 is 10.5 Å². The number of carbonyl (C=O) groups is 2. The van der Waals surface area contributed by atoms with Gasteiger partial charge in [0.15, 0.2) is 0 Å². The molecular formula is C8H10FN3O3. The van der Waals surface area contributed by atoms with Crippen LogP contribution < -0.4 is 5.73 Å². The van der Waals surface area contributed by atoms with Crippen molar-refractivity contribution in [3.05, 3.63) is 18.0 Å². The van der Waals surface area contributed by atoms with Gasteiger partial charge in [-0.05, 0) is 13.0 Å². The molecule has 0 radical (unpaired) electrons. The number of hydrogen-bond donors (Lipinski definition) is 1. The number of rotatable bonds is 4. The second-order valence-electron chi connectivity index (χ2n) is 2.63. The highest BCUT2D eigenvalue weighted by Gasteiger charge is 2.22. The highest BCUT2D eigenvalue weighted by molar-refractivity contribution is 5.90. The highest BCUT2D eigenvalue weighted by Crippen LogP contribution is 2.09. The first kappa shape index (κ1) is 11.2. The Hall–Kier alpha value is -1.92.